The predicted octanol–water partition coefficient (Wildman–Crippen LogP) is 6.57. The van der Waals surface area contributed by atoms with Gasteiger partial charge in [-0.15, -0.1) is 10.2 Å². The van der Waals surface area contributed by atoms with E-state index in [0.29, 0.717) is 26.4 Å². The molecule has 3 heterocycles. The van der Waals surface area contributed by atoms with E-state index in [2.05, 4.69) is 46.4 Å². The molecular formula is C31H24N4O3S2. The van der Waals surface area contributed by atoms with Crippen molar-refractivity contribution in [3.05, 3.63) is 119 Å². The first kappa shape index (κ1) is 25.9. The number of Topliss-reactive ketones (excluding diaryl/α,β-unsaturated/α-hetero) is 1. The minimum Gasteiger partial charge on any atom is -0.507 e. The van der Waals surface area contributed by atoms with Gasteiger partial charge in [0.15, 0.2) is 4.34 Å². The van der Waals surface area contributed by atoms with Crippen LogP contribution in [0.3, 0.4) is 0 Å². The second-order valence-electron chi connectivity index (χ2n) is 9.28. The maximum Gasteiger partial charge on any atom is 0.301 e. The van der Waals surface area contributed by atoms with Crippen LogP contribution in [-0.4, -0.2) is 32.0 Å². The predicted molar refractivity (Wildman–Crippen MR) is 158 cm³/mol. The average Bonchev–Trinajstić information content (AvgIpc) is 3.58. The molecule has 0 spiro atoms. The molecule has 9 heteroatoms. The minimum atomic E-state index is -0.845. The molecule has 0 aliphatic carbocycles. The van der Waals surface area contributed by atoms with Gasteiger partial charge in [0.1, 0.15) is 5.76 Å². The van der Waals surface area contributed by atoms with Gasteiger partial charge in [-0.3, -0.25) is 19.5 Å². The molecule has 40 heavy (non-hydrogen) atoms. The highest BCUT2D eigenvalue weighted by Crippen LogP contribution is 2.44. The largest absolute Gasteiger partial charge is 0.507 e. The maximum atomic E-state index is 13.4. The Kier molecular flexibility index (Phi) is 7.15. The molecule has 7 nitrogen and oxygen atoms in total. The number of amides is 1. The van der Waals surface area contributed by atoms with Crippen LogP contribution >= 0.6 is 23.1 Å². The number of fused-ring (bicyclic) bond motifs is 1. The highest BCUT2D eigenvalue weighted by atomic mass is 32.2. The van der Waals surface area contributed by atoms with Gasteiger partial charge in [0.2, 0.25) is 5.13 Å². The number of aliphatic hydroxyl groups excluding tert-OH is 1. The number of carbonyl (C=O) groups excluding carboxylic acids is 2. The minimum absolute atomic E-state index is 0.0145. The van der Waals surface area contributed by atoms with Crippen LogP contribution < -0.4 is 4.90 Å². The number of rotatable bonds is 7. The van der Waals surface area contributed by atoms with Gasteiger partial charge in [-0.05, 0) is 46.0 Å². The first-order valence-corrected chi connectivity index (χ1v) is 14.6. The van der Waals surface area contributed by atoms with Crippen LogP contribution in [0.15, 0.2) is 101 Å². The number of aromatic nitrogens is 3. The number of benzene rings is 3. The molecule has 1 aliphatic heterocycles. The van der Waals surface area contributed by atoms with E-state index in [1.54, 1.807) is 12.1 Å². The summed E-state index contributed by atoms with van der Waals surface area (Å²) in [7, 11) is 0. The fourth-order valence-electron chi connectivity index (χ4n) is 4.86. The zero-order chi connectivity index (χ0) is 27.6. The second-order valence-corrected chi connectivity index (χ2v) is 11.5. The molecule has 1 saturated heterocycles. The van der Waals surface area contributed by atoms with Crippen molar-refractivity contribution in [1.82, 2.24) is 15.2 Å². The molecule has 0 saturated carbocycles. The van der Waals surface area contributed by atoms with E-state index in [9.17, 15) is 14.7 Å². The van der Waals surface area contributed by atoms with E-state index in [1.807, 2.05) is 42.5 Å². The average molecular weight is 565 g/mol. The van der Waals surface area contributed by atoms with Gasteiger partial charge in [-0.2, -0.15) is 0 Å². The summed E-state index contributed by atoms with van der Waals surface area (Å²) in [5.74, 6) is -1.08. The quantitative estimate of drug-likeness (QED) is 0.0785. The van der Waals surface area contributed by atoms with E-state index in [-0.39, 0.29) is 11.3 Å². The van der Waals surface area contributed by atoms with Crippen LogP contribution in [0.1, 0.15) is 35.2 Å². The summed E-state index contributed by atoms with van der Waals surface area (Å²) in [6, 6.07) is 24.5. The van der Waals surface area contributed by atoms with Gasteiger partial charge in [0, 0.05) is 23.7 Å². The van der Waals surface area contributed by atoms with Crippen molar-refractivity contribution in [1.29, 1.82) is 0 Å². The van der Waals surface area contributed by atoms with Crippen molar-refractivity contribution in [3.63, 3.8) is 0 Å². The number of anilines is 1. The lowest BCUT2D eigenvalue weighted by molar-refractivity contribution is -0.132. The summed E-state index contributed by atoms with van der Waals surface area (Å²) >= 11 is 2.79. The van der Waals surface area contributed by atoms with Crippen LogP contribution in [0.5, 0.6) is 0 Å². The fourth-order valence-corrected chi connectivity index (χ4v) is 6.73. The Morgan fingerprint density at radius 1 is 0.950 bits per heavy atom. The van der Waals surface area contributed by atoms with Crippen molar-refractivity contribution in [2.75, 3.05) is 4.90 Å². The molecule has 0 bridgehead atoms. The van der Waals surface area contributed by atoms with Crippen molar-refractivity contribution in [2.24, 2.45) is 0 Å². The number of ketones is 1. The SMILES string of the molecule is CCc1ccc(C2C(=C(O)c3ccncc3)C(=O)C(=O)N2c2nnc(SCc3cccc4ccccc34)s2)cc1. The van der Waals surface area contributed by atoms with Gasteiger partial charge in [-0.1, -0.05) is 96.8 Å². The van der Waals surface area contributed by atoms with Gasteiger partial charge in [0.05, 0.1) is 11.6 Å². The number of nitrogens with zero attached hydrogens (tertiary/aromatic N) is 4. The lowest BCUT2D eigenvalue weighted by Gasteiger charge is -2.22. The zero-order valence-corrected chi connectivity index (χ0v) is 23.2. The molecule has 1 N–H and O–H groups in total. The van der Waals surface area contributed by atoms with Crippen LogP contribution in [0.25, 0.3) is 16.5 Å². The third-order valence-electron chi connectivity index (χ3n) is 6.93. The summed E-state index contributed by atoms with van der Waals surface area (Å²) < 4.78 is 0.680. The summed E-state index contributed by atoms with van der Waals surface area (Å²) in [5, 5.41) is 22.5. The molecule has 1 atom stereocenters. The number of aryl methyl sites for hydroxylation is 1. The fraction of sp³-hybridized carbons (Fsp3) is 0.129. The van der Waals surface area contributed by atoms with Crippen molar-refractivity contribution < 1.29 is 14.7 Å². The number of carbonyl (C=O) groups is 2. The Balaban J connectivity index is 1.36. The van der Waals surface area contributed by atoms with Gasteiger partial charge >= 0.3 is 5.91 Å². The standard InChI is InChI=1S/C31H24N4O3S2/c1-2-19-10-12-21(13-11-19)26-25(27(36)22-14-16-32-17-15-22)28(37)29(38)35(26)30-33-34-31(40-30)39-18-23-8-5-7-20-6-3-4-9-24(20)23/h3-17,26,36H,2,18H2,1H3. The lowest BCUT2D eigenvalue weighted by atomic mass is 9.95. The molecule has 6 rings (SSSR count). The second kappa shape index (κ2) is 11.0. The van der Waals surface area contributed by atoms with Crippen molar-refractivity contribution in [2.45, 2.75) is 29.5 Å². The third-order valence-corrected chi connectivity index (χ3v) is 9.04. The Bertz CT molecular complexity index is 1740. The summed E-state index contributed by atoms with van der Waals surface area (Å²) in [5.41, 5.74) is 3.42. The molecule has 1 aliphatic rings. The van der Waals surface area contributed by atoms with Crippen LogP contribution in [0.2, 0.25) is 0 Å². The van der Waals surface area contributed by atoms with E-state index in [1.165, 1.54) is 56.7 Å². The van der Waals surface area contributed by atoms with E-state index in [0.717, 1.165) is 12.0 Å². The van der Waals surface area contributed by atoms with Gasteiger partial charge in [0.25, 0.3) is 5.78 Å². The highest BCUT2D eigenvalue weighted by Gasteiger charge is 2.48. The van der Waals surface area contributed by atoms with Gasteiger partial charge in [-0.25, -0.2) is 0 Å². The molecule has 1 unspecified atom stereocenters. The number of hydrogen-bond acceptors (Lipinski definition) is 8. The molecular weight excluding hydrogens is 541 g/mol. The topological polar surface area (TPSA) is 96.3 Å². The first-order chi connectivity index (χ1) is 19.5. The molecule has 198 valence electrons. The van der Waals surface area contributed by atoms with Crippen LogP contribution in [0.4, 0.5) is 5.13 Å². The van der Waals surface area contributed by atoms with E-state index < -0.39 is 17.7 Å². The first-order valence-electron chi connectivity index (χ1n) is 12.8. The normalized spacial score (nSPS) is 16.6. The molecule has 1 amide bonds. The summed E-state index contributed by atoms with van der Waals surface area (Å²) in [4.78, 5) is 32.2. The number of pyridine rings is 1. The molecule has 2 aromatic heterocycles. The zero-order valence-electron chi connectivity index (χ0n) is 21.5. The molecule has 3 aromatic carbocycles. The summed E-state index contributed by atoms with van der Waals surface area (Å²) in [6.45, 7) is 2.06. The Labute approximate surface area is 239 Å². The molecule has 0 radical (unpaired) electrons. The highest BCUT2D eigenvalue weighted by molar-refractivity contribution is 8.00. The number of aliphatic hydroxyl groups is 1. The number of hydrogen-bond donors (Lipinski definition) is 1. The Morgan fingerprint density at radius 3 is 2.48 bits per heavy atom. The van der Waals surface area contributed by atoms with Gasteiger partial charge < -0.3 is 5.11 Å². The number of thioether (sulfide) groups is 1. The Hall–Kier alpha value is -4.34. The third kappa shape index (κ3) is 4.78. The summed E-state index contributed by atoms with van der Waals surface area (Å²) in [6.07, 6.45) is 3.91. The monoisotopic (exact) mass is 564 g/mol. The molecule has 5 aromatic rings. The lowest BCUT2D eigenvalue weighted by Crippen LogP contribution is -2.29. The van der Waals surface area contributed by atoms with Crippen LogP contribution in [0, 0.1) is 0 Å². The van der Waals surface area contributed by atoms with Crippen molar-refractivity contribution in [3.8, 4) is 0 Å². The molecule has 1 fully saturated rings. The smallest absolute Gasteiger partial charge is 0.301 e. The maximum absolute atomic E-state index is 13.4. The van der Waals surface area contributed by atoms with E-state index in [4.69, 9.17) is 0 Å². The van der Waals surface area contributed by atoms with E-state index >= 15 is 0 Å². The van der Waals surface area contributed by atoms with Crippen molar-refractivity contribution >= 4 is 56.5 Å². The Morgan fingerprint density at radius 2 is 1.70 bits per heavy atom. The van der Waals surface area contributed by atoms with Crippen LogP contribution in [-0.2, 0) is 21.8 Å².